The Labute approximate surface area is 129 Å². The van der Waals surface area contributed by atoms with Gasteiger partial charge in [-0.3, -0.25) is 0 Å². The van der Waals surface area contributed by atoms with Gasteiger partial charge < -0.3 is 9.84 Å². The molecule has 0 aromatic heterocycles. The predicted octanol–water partition coefficient (Wildman–Crippen LogP) is 4.50. The van der Waals surface area contributed by atoms with Crippen molar-refractivity contribution in [2.75, 3.05) is 0 Å². The maximum Gasteiger partial charge on any atom is 0.0866 e. The molecule has 1 aliphatic rings. The lowest BCUT2D eigenvalue weighted by Gasteiger charge is -2.08. The molecule has 0 spiro atoms. The molecule has 1 N–H and O–H groups in total. The van der Waals surface area contributed by atoms with E-state index in [0.29, 0.717) is 12.2 Å². The van der Waals surface area contributed by atoms with Gasteiger partial charge >= 0.3 is 0 Å². The van der Waals surface area contributed by atoms with Crippen LogP contribution in [0.15, 0.2) is 30.3 Å². The van der Waals surface area contributed by atoms with E-state index in [2.05, 4.69) is 37.3 Å². The molecule has 2 heteroatoms. The second-order valence-corrected chi connectivity index (χ2v) is 6.33. The van der Waals surface area contributed by atoms with E-state index in [4.69, 9.17) is 4.74 Å². The van der Waals surface area contributed by atoms with Gasteiger partial charge in [0.25, 0.3) is 0 Å². The minimum absolute atomic E-state index is 0.168. The maximum atomic E-state index is 10.0. The third kappa shape index (κ3) is 6.62. The maximum absolute atomic E-state index is 10.0. The molecule has 1 aliphatic heterocycles. The number of benzene rings is 1. The normalized spacial score (nSPS) is 22.2. The molecule has 2 rings (SSSR count). The van der Waals surface area contributed by atoms with Crippen molar-refractivity contribution in [1.82, 2.24) is 0 Å². The Morgan fingerprint density at radius 3 is 2.57 bits per heavy atom. The Kier molecular flexibility index (Phi) is 7.25. The van der Waals surface area contributed by atoms with Crippen molar-refractivity contribution in [3.63, 3.8) is 0 Å². The van der Waals surface area contributed by atoms with Crippen LogP contribution in [-0.4, -0.2) is 23.4 Å². The second kappa shape index (κ2) is 9.22. The van der Waals surface area contributed by atoms with Crippen LogP contribution in [-0.2, 0) is 11.2 Å². The first-order valence-electron chi connectivity index (χ1n) is 8.67. The molecule has 1 aromatic carbocycles. The summed E-state index contributed by atoms with van der Waals surface area (Å²) in [5.74, 6) is 0. The zero-order chi connectivity index (χ0) is 14.9. The van der Waals surface area contributed by atoms with Gasteiger partial charge in [-0.25, -0.2) is 0 Å². The largest absolute Gasteiger partial charge is 0.393 e. The van der Waals surface area contributed by atoms with Crippen molar-refractivity contribution < 1.29 is 9.84 Å². The van der Waals surface area contributed by atoms with Crippen molar-refractivity contribution in [3.8, 4) is 0 Å². The molecule has 3 atom stereocenters. The first kappa shape index (κ1) is 16.5. The van der Waals surface area contributed by atoms with E-state index < -0.39 is 0 Å². The van der Waals surface area contributed by atoms with Gasteiger partial charge in [0, 0.05) is 6.42 Å². The van der Waals surface area contributed by atoms with Gasteiger partial charge in [0.05, 0.1) is 18.3 Å². The van der Waals surface area contributed by atoms with Crippen LogP contribution in [0.1, 0.15) is 63.9 Å². The Balaban J connectivity index is 1.51. The molecule has 0 radical (unpaired) electrons. The molecule has 1 heterocycles. The van der Waals surface area contributed by atoms with Crippen molar-refractivity contribution in [2.24, 2.45) is 0 Å². The van der Waals surface area contributed by atoms with Crippen LogP contribution in [0.3, 0.4) is 0 Å². The van der Waals surface area contributed by atoms with Gasteiger partial charge in [0.2, 0.25) is 0 Å². The minimum Gasteiger partial charge on any atom is -0.393 e. The van der Waals surface area contributed by atoms with Crippen molar-refractivity contribution in [1.29, 1.82) is 0 Å². The molecule has 1 saturated heterocycles. The number of rotatable bonds is 11. The van der Waals surface area contributed by atoms with Crippen LogP contribution >= 0.6 is 0 Å². The van der Waals surface area contributed by atoms with E-state index in [1.165, 1.54) is 31.2 Å². The highest BCUT2D eigenvalue weighted by molar-refractivity contribution is 5.15. The number of epoxide rings is 1. The molecule has 0 aliphatic carbocycles. The highest BCUT2D eigenvalue weighted by atomic mass is 16.6. The first-order valence-corrected chi connectivity index (χ1v) is 8.67. The zero-order valence-corrected chi connectivity index (χ0v) is 13.3. The van der Waals surface area contributed by atoms with E-state index in [0.717, 1.165) is 32.1 Å². The summed E-state index contributed by atoms with van der Waals surface area (Å²) in [5, 5.41) is 10.0. The van der Waals surface area contributed by atoms with E-state index in [9.17, 15) is 5.11 Å². The highest BCUT2D eigenvalue weighted by Crippen LogP contribution is 2.31. The average Bonchev–Trinajstić information content (AvgIpc) is 3.24. The van der Waals surface area contributed by atoms with E-state index in [1.807, 2.05) is 0 Å². The molecule has 0 bridgehead atoms. The molecule has 118 valence electrons. The predicted molar refractivity (Wildman–Crippen MR) is 87.4 cm³/mol. The molecule has 3 unspecified atom stereocenters. The number of hydrogen-bond donors (Lipinski definition) is 1. The quantitative estimate of drug-likeness (QED) is 0.481. The summed E-state index contributed by atoms with van der Waals surface area (Å²) < 4.78 is 5.69. The fourth-order valence-electron chi connectivity index (χ4n) is 2.96. The Hall–Kier alpha value is -0.860. The summed E-state index contributed by atoms with van der Waals surface area (Å²) in [5.41, 5.74) is 1.38. The third-order valence-electron chi connectivity index (χ3n) is 4.39. The lowest BCUT2D eigenvalue weighted by molar-refractivity contribution is 0.139. The van der Waals surface area contributed by atoms with Gasteiger partial charge in [-0.15, -0.1) is 0 Å². The summed E-state index contributed by atoms with van der Waals surface area (Å²) in [6, 6.07) is 10.6. The molecule has 2 nitrogen and oxygen atoms in total. The van der Waals surface area contributed by atoms with Crippen LogP contribution < -0.4 is 0 Å². The van der Waals surface area contributed by atoms with Crippen molar-refractivity contribution in [2.45, 2.75) is 83.0 Å². The smallest absolute Gasteiger partial charge is 0.0866 e. The van der Waals surface area contributed by atoms with E-state index in [-0.39, 0.29) is 6.10 Å². The van der Waals surface area contributed by atoms with Gasteiger partial charge in [0.15, 0.2) is 0 Å². The van der Waals surface area contributed by atoms with Crippen LogP contribution in [0.25, 0.3) is 0 Å². The van der Waals surface area contributed by atoms with E-state index >= 15 is 0 Å². The molecule has 1 fully saturated rings. The monoisotopic (exact) mass is 290 g/mol. The second-order valence-electron chi connectivity index (χ2n) is 6.33. The van der Waals surface area contributed by atoms with Gasteiger partial charge in [-0.1, -0.05) is 69.4 Å². The molecule has 0 saturated carbocycles. The number of unbranched alkanes of at least 4 members (excludes halogenated alkanes) is 4. The summed E-state index contributed by atoms with van der Waals surface area (Å²) in [4.78, 5) is 0. The lowest BCUT2D eigenvalue weighted by Crippen LogP contribution is -2.11. The third-order valence-corrected chi connectivity index (χ3v) is 4.39. The Morgan fingerprint density at radius 1 is 1.05 bits per heavy atom. The van der Waals surface area contributed by atoms with Crippen molar-refractivity contribution in [3.05, 3.63) is 35.9 Å². The lowest BCUT2D eigenvalue weighted by atomic mass is 10.0. The average molecular weight is 290 g/mol. The van der Waals surface area contributed by atoms with Crippen LogP contribution in [0.4, 0.5) is 0 Å². The standard InChI is InChI=1S/C19H30O2/c1-2-3-4-5-9-12-17(20)15-19-18(21-19)14-13-16-10-7-6-8-11-16/h6-8,10-11,17-20H,2-5,9,12-15H2,1H3. The van der Waals surface area contributed by atoms with Crippen LogP contribution in [0.2, 0.25) is 0 Å². The number of aliphatic hydroxyl groups is 1. The number of ether oxygens (including phenoxy) is 1. The molecule has 21 heavy (non-hydrogen) atoms. The van der Waals surface area contributed by atoms with Crippen LogP contribution in [0, 0.1) is 0 Å². The van der Waals surface area contributed by atoms with Gasteiger partial charge in [-0.05, 0) is 24.8 Å². The van der Waals surface area contributed by atoms with Gasteiger partial charge in [-0.2, -0.15) is 0 Å². The van der Waals surface area contributed by atoms with E-state index in [1.54, 1.807) is 0 Å². The summed E-state index contributed by atoms with van der Waals surface area (Å²) in [6.45, 7) is 2.23. The highest BCUT2D eigenvalue weighted by Gasteiger charge is 2.39. The number of aryl methyl sites for hydroxylation is 1. The first-order chi connectivity index (χ1) is 10.3. The fraction of sp³-hybridized carbons (Fsp3) is 0.684. The van der Waals surface area contributed by atoms with Crippen LogP contribution in [0.5, 0.6) is 0 Å². The number of aliphatic hydroxyl groups excluding tert-OH is 1. The Bertz CT molecular complexity index is 376. The van der Waals surface area contributed by atoms with Gasteiger partial charge in [0.1, 0.15) is 0 Å². The topological polar surface area (TPSA) is 32.8 Å². The Morgan fingerprint density at radius 2 is 1.81 bits per heavy atom. The number of hydrogen-bond acceptors (Lipinski definition) is 2. The van der Waals surface area contributed by atoms with Crippen molar-refractivity contribution >= 4 is 0 Å². The summed E-state index contributed by atoms with van der Waals surface area (Å²) >= 11 is 0. The summed E-state index contributed by atoms with van der Waals surface area (Å²) in [6.07, 6.45) is 10.8. The minimum atomic E-state index is -0.168. The fourth-order valence-corrected chi connectivity index (χ4v) is 2.96. The zero-order valence-electron chi connectivity index (χ0n) is 13.3. The summed E-state index contributed by atoms with van der Waals surface area (Å²) in [7, 11) is 0. The molecular formula is C19H30O2. The molecule has 1 aromatic rings. The molecule has 0 amide bonds. The molecular weight excluding hydrogens is 260 g/mol. The SMILES string of the molecule is CCCCCCCC(O)CC1OC1CCc1ccccc1.